The van der Waals surface area contributed by atoms with Gasteiger partial charge >= 0.3 is 0 Å². The van der Waals surface area contributed by atoms with Crippen LogP contribution in [-0.4, -0.2) is 25.5 Å². The van der Waals surface area contributed by atoms with Gasteiger partial charge in [-0.05, 0) is 30.3 Å². The monoisotopic (exact) mass is 339 g/mol. The van der Waals surface area contributed by atoms with Crippen molar-refractivity contribution in [2.75, 3.05) is 0 Å². The van der Waals surface area contributed by atoms with Crippen molar-refractivity contribution in [3.05, 3.63) is 72.2 Å². The lowest BCUT2D eigenvalue weighted by atomic mass is 10.1. The highest BCUT2D eigenvalue weighted by molar-refractivity contribution is 5.93. The fraction of sp³-hybridized carbons (Fsp3) is 0.0500. The van der Waals surface area contributed by atoms with Crippen molar-refractivity contribution in [2.45, 2.75) is 6.92 Å². The second kappa shape index (κ2) is 6.22. The Labute approximate surface area is 149 Å². The van der Waals surface area contributed by atoms with Gasteiger partial charge in [0.1, 0.15) is 17.5 Å². The van der Waals surface area contributed by atoms with Gasteiger partial charge in [-0.25, -0.2) is 14.6 Å². The van der Waals surface area contributed by atoms with E-state index < -0.39 is 0 Å². The molecule has 0 radical (unpaired) electrons. The minimum atomic E-state index is -0.0736. The molecule has 0 aliphatic heterocycles. The number of nitrogens with zero attached hydrogens (tertiary/aromatic N) is 5. The molecule has 1 aromatic carbocycles. The van der Waals surface area contributed by atoms with E-state index in [9.17, 15) is 4.79 Å². The molecule has 3 aromatic heterocycles. The van der Waals surface area contributed by atoms with E-state index >= 15 is 0 Å². The number of pyridine rings is 2. The predicted octanol–water partition coefficient (Wildman–Crippen LogP) is 3.56. The van der Waals surface area contributed by atoms with E-state index in [1.54, 1.807) is 35.1 Å². The van der Waals surface area contributed by atoms with E-state index in [0.717, 1.165) is 16.5 Å². The SMILES string of the molecule is CC(=O)c1cccc(-c2ccc3cnn(-c4cccc(C#N)n4)c3c2)n1. The number of rotatable bonds is 3. The first-order valence-electron chi connectivity index (χ1n) is 7.99. The molecule has 0 amide bonds. The number of Topliss-reactive ketones (excluding diaryl/α,β-unsaturated/α-hetero) is 1. The van der Waals surface area contributed by atoms with Gasteiger partial charge in [0, 0.05) is 17.9 Å². The molecule has 0 bridgehead atoms. The predicted molar refractivity (Wildman–Crippen MR) is 96.8 cm³/mol. The van der Waals surface area contributed by atoms with Crippen molar-refractivity contribution < 1.29 is 4.79 Å². The summed E-state index contributed by atoms with van der Waals surface area (Å²) in [6.07, 6.45) is 1.75. The van der Waals surface area contributed by atoms with Crippen LogP contribution in [0.2, 0.25) is 0 Å². The van der Waals surface area contributed by atoms with Crippen molar-refractivity contribution in [3.63, 3.8) is 0 Å². The third kappa shape index (κ3) is 2.72. The summed E-state index contributed by atoms with van der Waals surface area (Å²) in [6.45, 7) is 1.50. The third-order valence-corrected chi connectivity index (χ3v) is 4.04. The lowest BCUT2D eigenvalue weighted by molar-refractivity contribution is 0.101. The first-order chi connectivity index (χ1) is 12.7. The summed E-state index contributed by atoms with van der Waals surface area (Å²) in [5, 5.41) is 14.4. The largest absolute Gasteiger partial charge is 0.293 e. The number of nitriles is 1. The average molecular weight is 339 g/mol. The number of carbonyl (C=O) groups excluding carboxylic acids is 1. The Morgan fingerprint density at radius 1 is 1.08 bits per heavy atom. The van der Waals surface area contributed by atoms with Crippen LogP contribution in [0.15, 0.2) is 60.8 Å². The Bertz CT molecular complexity index is 1190. The molecule has 6 heteroatoms. The fourth-order valence-electron chi connectivity index (χ4n) is 2.76. The van der Waals surface area contributed by atoms with E-state index in [4.69, 9.17) is 5.26 Å². The minimum absolute atomic E-state index is 0.0736. The van der Waals surface area contributed by atoms with Gasteiger partial charge in [0.15, 0.2) is 11.6 Å². The highest BCUT2D eigenvalue weighted by Crippen LogP contribution is 2.25. The number of aromatic nitrogens is 4. The first-order valence-corrected chi connectivity index (χ1v) is 7.99. The first kappa shape index (κ1) is 15.7. The zero-order valence-electron chi connectivity index (χ0n) is 13.9. The molecule has 6 nitrogen and oxygen atoms in total. The molecule has 0 spiro atoms. The second-order valence-corrected chi connectivity index (χ2v) is 5.79. The Balaban J connectivity index is 1.86. The summed E-state index contributed by atoms with van der Waals surface area (Å²) in [5.74, 6) is 0.497. The third-order valence-electron chi connectivity index (χ3n) is 4.04. The topological polar surface area (TPSA) is 84.5 Å². The molecule has 0 aliphatic rings. The van der Waals surface area contributed by atoms with Crippen LogP contribution in [0.3, 0.4) is 0 Å². The minimum Gasteiger partial charge on any atom is -0.293 e. The Kier molecular flexibility index (Phi) is 3.75. The number of benzene rings is 1. The van der Waals surface area contributed by atoms with Crippen molar-refractivity contribution in [1.82, 2.24) is 19.7 Å². The lowest BCUT2D eigenvalue weighted by Gasteiger charge is -2.06. The summed E-state index contributed by atoms with van der Waals surface area (Å²) < 4.78 is 1.69. The molecule has 4 rings (SSSR count). The highest BCUT2D eigenvalue weighted by atomic mass is 16.1. The standard InChI is InChI=1S/C20H13N5O/c1-13(26)17-5-3-6-18(24-17)14-8-9-15-12-22-25(19(15)10-14)20-7-2-4-16(11-21)23-20/h2-10,12H,1H3. The van der Waals surface area contributed by atoms with Crippen LogP contribution in [-0.2, 0) is 0 Å². The molecule has 0 saturated heterocycles. The number of ketones is 1. The zero-order valence-corrected chi connectivity index (χ0v) is 13.9. The van der Waals surface area contributed by atoms with Crippen molar-refractivity contribution in [3.8, 4) is 23.1 Å². The van der Waals surface area contributed by atoms with Crippen LogP contribution in [0.4, 0.5) is 0 Å². The van der Waals surface area contributed by atoms with Gasteiger partial charge in [-0.3, -0.25) is 4.79 Å². The van der Waals surface area contributed by atoms with Gasteiger partial charge in [-0.1, -0.05) is 24.3 Å². The van der Waals surface area contributed by atoms with Gasteiger partial charge < -0.3 is 0 Å². The molecule has 0 N–H and O–H groups in total. The second-order valence-electron chi connectivity index (χ2n) is 5.79. The summed E-state index contributed by atoms with van der Waals surface area (Å²) >= 11 is 0. The maximum Gasteiger partial charge on any atom is 0.178 e. The quantitative estimate of drug-likeness (QED) is 0.533. The fourth-order valence-corrected chi connectivity index (χ4v) is 2.76. The van der Waals surface area contributed by atoms with Crippen LogP contribution in [0.1, 0.15) is 23.1 Å². The molecule has 26 heavy (non-hydrogen) atoms. The van der Waals surface area contributed by atoms with Gasteiger partial charge in [0.25, 0.3) is 0 Å². The number of hydrogen-bond acceptors (Lipinski definition) is 5. The molecular weight excluding hydrogens is 326 g/mol. The van der Waals surface area contributed by atoms with Gasteiger partial charge in [0.05, 0.1) is 17.4 Å². The van der Waals surface area contributed by atoms with E-state index in [2.05, 4.69) is 15.1 Å². The normalized spacial score (nSPS) is 10.6. The van der Waals surface area contributed by atoms with Crippen LogP contribution in [0.25, 0.3) is 28.0 Å². The molecule has 0 aliphatic carbocycles. The maximum atomic E-state index is 11.6. The van der Waals surface area contributed by atoms with Crippen LogP contribution in [0.5, 0.6) is 0 Å². The average Bonchev–Trinajstić information content (AvgIpc) is 3.11. The van der Waals surface area contributed by atoms with Crippen molar-refractivity contribution in [1.29, 1.82) is 5.26 Å². The smallest absolute Gasteiger partial charge is 0.178 e. The Hall–Kier alpha value is -3.85. The maximum absolute atomic E-state index is 11.6. The molecule has 124 valence electrons. The van der Waals surface area contributed by atoms with Crippen molar-refractivity contribution in [2.24, 2.45) is 0 Å². The van der Waals surface area contributed by atoms with Crippen molar-refractivity contribution >= 4 is 16.7 Å². The summed E-state index contributed by atoms with van der Waals surface area (Å²) in [5.41, 5.74) is 3.20. The van der Waals surface area contributed by atoms with E-state index in [1.807, 2.05) is 36.4 Å². The molecule has 0 fully saturated rings. The number of fused-ring (bicyclic) bond motifs is 1. The summed E-state index contributed by atoms with van der Waals surface area (Å²) in [7, 11) is 0. The van der Waals surface area contributed by atoms with E-state index in [0.29, 0.717) is 22.9 Å². The van der Waals surface area contributed by atoms with Gasteiger partial charge in [0.2, 0.25) is 0 Å². The van der Waals surface area contributed by atoms with Gasteiger partial charge in [-0.2, -0.15) is 10.4 Å². The van der Waals surface area contributed by atoms with Crippen LogP contribution < -0.4 is 0 Å². The highest BCUT2D eigenvalue weighted by Gasteiger charge is 2.10. The van der Waals surface area contributed by atoms with Gasteiger partial charge in [-0.15, -0.1) is 0 Å². The van der Waals surface area contributed by atoms with E-state index in [-0.39, 0.29) is 5.78 Å². The Morgan fingerprint density at radius 2 is 1.92 bits per heavy atom. The zero-order chi connectivity index (χ0) is 18.1. The molecule has 3 heterocycles. The van der Waals surface area contributed by atoms with E-state index in [1.165, 1.54) is 6.92 Å². The molecule has 0 unspecified atom stereocenters. The molecule has 0 atom stereocenters. The summed E-state index contributed by atoms with van der Waals surface area (Å²) in [4.78, 5) is 20.3. The number of carbonyl (C=O) groups is 1. The summed E-state index contributed by atoms with van der Waals surface area (Å²) in [6, 6.07) is 18.5. The number of hydrogen-bond donors (Lipinski definition) is 0. The Morgan fingerprint density at radius 3 is 2.73 bits per heavy atom. The molecular formula is C20H13N5O. The molecule has 4 aromatic rings. The molecule has 0 saturated carbocycles. The van der Waals surface area contributed by atoms with Crippen LogP contribution >= 0.6 is 0 Å². The lowest BCUT2D eigenvalue weighted by Crippen LogP contribution is -2.00. The van der Waals surface area contributed by atoms with Crippen LogP contribution in [0, 0.1) is 11.3 Å².